The minimum absolute atomic E-state index is 0.576. The van der Waals surface area contributed by atoms with E-state index in [1.807, 2.05) is 19.1 Å². The largest absolute Gasteiger partial charge is 0.487 e. The van der Waals surface area contributed by atoms with Gasteiger partial charge < -0.3 is 10.1 Å². The molecule has 0 aliphatic rings. The molecule has 1 aromatic heterocycles. The summed E-state index contributed by atoms with van der Waals surface area (Å²) in [5, 5.41) is 3.41. The monoisotopic (exact) mass is 270 g/mol. The summed E-state index contributed by atoms with van der Waals surface area (Å²) in [6, 6.07) is 12.4. The van der Waals surface area contributed by atoms with Crippen molar-refractivity contribution in [3.8, 4) is 5.75 Å². The Labute approximate surface area is 121 Å². The molecule has 0 saturated heterocycles. The molecule has 0 unspecified atom stereocenters. The maximum atomic E-state index is 5.74. The number of rotatable bonds is 7. The lowest BCUT2D eigenvalue weighted by molar-refractivity contribution is 0.304. The van der Waals surface area contributed by atoms with Gasteiger partial charge in [-0.1, -0.05) is 31.2 Å². The van der Waals surface area contributed by atoms with Gasteiger partial charge in [0.1, 0.15) is 12.4 Å². The van der Waals surface area contributed by atoms with Crippen LogP contribution in [0.4, 0.5) is 0 Å². The van der Waals surface area contributed by atoms with Crippen LogP contribution < -0.4 is 10.1 Å². The smallest absolute Gasteiger partial charge is 0.138 e. The van der Waals surface area contributed by atoms with Crippen molar-refractivity contribution in [1.29, 1.82) is 0 Å². The summed E-state index contributed by atoms with van der Waals surface area (Å²) in [5.74, 6) is 0.810. The van der Waals surface area contributed by atoms with Crippen LogP contribution in [0, 0.1) is 6.92 Å². The van der Waals surface area contributed by atoms with Crippen LogP contribution in [-0.4, -0.2) is 11.5 Å². The van der Waals surface area contributed by atoms with Crippen LogP contribution in [0.25, 0.3) is 0 Å². The number of nitrogens with one attached hydrogen (secondary N) is 1. The molecule has 0 aliphatic carbocycles. The summed E-state index contributed by atoms with van der Waals surface area (Å²) in [7, 11) is 0. The summed E-state index contributed by atoms with van der Waals surface area (Å²) in [4.78, 5) is 4.22. The molecule has 0 aliphatic heterocycles. The van der Waals surface area contributed by atoms with Gasteiger partial charge in [-0.2, -0.15) is 0 Å². The van der Waals surface area contributed by atoms with Gasteiger partial charge in [-0.25, -0.2) is 0 Å². The number of hydrogen-bond donors (Lipinski definition) is 1. The van der Waals surface area contributed by atoms with E-state index in [1.54, 1.807) is 6.20 Å². The molecule has 106 valence electrons. The molecule has 0 fully saturated rings. The highest BCUT2D eigenvalue weighted by atomic mass is 16.5. The van der Waals surface area contributed by atoms with Gasteiger partial charge in [0.05, 0.1) is 6.20 Å². The molecule has 20 heavy (non-hydrogen) atoms. The molecular formula is C17H22N2O. The van der Waals surface area contributed by atoms with Crippen LogP contribution in [0.15, 0.2) is 42.6 Å². The van der Waals surface area contributed by atoms with Gasteiger partial charge in [-0.15, -0.1) is 0 Å². The first-order valence-corrected chi connectivity index (χ1v) is 7.12. The molecule has 3 heteroatoms. The molecule has 1 N–H and O–H groups in total. The molecule has 0 bridgehead atoms. The van der Waals surface area contributed by atoms with Crippen molar-refractivity contribution in [1.82, 2.24) is 10.3 Å². The summed E-state index contributed by atoms with van der Waals surface area (Å²) < 4.78 is 5.74. The Hall–Kier alpha value is -1.87. The highest BCUT2D eigenvalue weighted by molar-refractivity contribution is 5.24. The Morgan fingerprint density at radius 3 is 2.75 bits per heavy atom. The molecule has 0 spiro atoms. The fourth-order valence-corrected chi connectivity index (χ4v) is 1.95. The van der Waals surface area contributed by atoms with E-state index in [-0.39, 0.29) is 0 Å². The van der Waals surface area contributed by atoms with Gasteiger partial charge in [-0.3, -0.25) is 4.98 Å². The average molecular weight is 270 g/mol. The summed E-state index contributed by atoms with van der Waals surface area (Å²) in [6.45, 7) is 6.68. The van der Waals surface area contributed by atoms with Crippen molar-refractivity contribution >= 4 is 0 Å². The van der Waals surface area contributed by atoms with E-state index in [1.165, 1.54) is 11.1 Å². The molecule has 0 radical (unpaired) electrons. The Bertz CT molecular complexity index is 523. The normalized spacial score (nSPS) is 10.5. The number of ether oxygens (including phenoxy) is 1. The lowest BCUT2D eigenvalue weighted by atomic mass is 10.1. The standard InChI is InChI=1S/C17H22N2O/c1-3-9-18-11-15-5-4-6-16(10-15)13-20-17-8-7-14(2)19-12-17/h4-8,10,12,18H,3,9,11,13H2,1-2H3. The molecule has 1 heterocycles. The van der Waals surface area contributed by atoms with Crippen LogP contribution in [0.5, 0.6) is 5.75 Å². The van der Waals surface area contributed by atoms with E-state index in [0.717, 1.165) is 31.0 Å². The summed E-state index contributed by atoms with van der Waals surface area (Å²) in [6.07, 6.45) is 2.92. The fourth-order valence-electron chi connectivity index (χ4n) is 1.95. The van der Waals surface area contributed by atoms with Crippen molar-refractivity contribution in [3.05, 3.63) is 59.4 Å². The molecule has 3 nitrogen and oxygen atoms in total. The van der Waals surface area contributed by atoms with Crippen LogP contribution in [0.3, 0.4) is 0 Å². The molecule has 0 amide bonds. The molecule has 1 aromatic carbocycles. The number of pyridine rings is 1. The molecule has 2 rings (SSSR count). The minimum Gasteiger partial charge on any atom is -0.487 e. The van der Waals surface area contributed by atoms with Crippen LogP contribution >= 0.6 is 0 Å². The first-order chi connectivity index (χ1) is 9.78. The fraction of sp³-hybridized carbons (Fsp3) is 0.353. The second-order valence-corrected chi connectivity index (χ2v) is 4.92. The highest BCUT2D eigenvalue weighted by Crippen LogP contribution is 2.12. The average Bonchev–Trinajstić information content (AvgIpc) is 2.47. The topological polar surface area (TPSA) is 34.1 Å². The number of benzene rings is 1. The highest BCUT2D eigenvalue weighted by Gasteiger charge is 1.99. The van der Waals surface area contributed by atoms with E-state index in [9.17, 15) is 0 Å². The van der Waals surface area contributed by atoms with Crippen molar-refractivity contribution in [2.75, 3.05) is 6.54 Å². The third-order valence-electron chi connectivity index (χ3n) is 3.04. The van der Waals surface area contributed by atoms with Crippen molar-refractivity contribution in [2.24, 2.45) is 0 Å². The molecule has 2 aromatic rings. The second kappa shape index (κ2) is 7.65. The number of aryl methyl sites for hydroxylation is 1. The van der Waals surface area contributed by atoms with Crippen LogP contribution in [-0.2, 0) is 13.2 Å². The Morgan fingerprint density at radius 2 is 2.00 bits per heavy atom. The minimum atomic E-state index is 0.576. The van der Waals surface area contributed by atoms with E-state index >= 15 is 0 Å². The van der Waals surface area contributed by atoms with Gasteiger partial charge in [0.25, 0.3) is 0 Å². The van der Waals surface area contributed by atoms with Crippen molar-refractivity contribution < 1.29 is 4.74 Å². The number of nitrogens with zero attached hydrogens (tertiary/aromatic N) is 1. The summed E-state index contributed by atoms with van der Waals surface area (Å²) >= 11 is 0. The zero-order chi connectivity index (χ0) is 14.2. The maximum Gasteiger partial charge on any atom is 0.138 e. The third-order valence-corrected chi connectivity index (χ3v) is 3.04. The number of aromatic nitrogens is 1. The summed E-state index contributed by atoms with van der Waals surface area (Å²) in [5.41, 5.74) is 3.48. The Kier molecular flexibility index (Phi) is 5.56. The van der Waals surface area contributed by atoms with E-state index in [4.69, 9.17) is 4.74 Å². The maximum absolute atomic E-state index is 5.74. The lowest BCUT2D eigenvalue weighted by Gasteiger charge is -2.08. The van der Waals surface area contributed by atoms with E-state index in [2.05, 4.69) is 41.5 Å². The van der Waals surface area contributed by atoms with Crippen molar-refractivity contribution in [3.63, 3.8) is 0 Å². The molecular weight excluding hydrogens is 248 g/mol. The zero-order valence-corrected chi connectivity index (χ0v) is 12.2. The molecule has 0 atom stereocenters. The first-order valence-electron chi connectivity index (χ1n) is 7.12. The van der Waals surface area contributed by atoms with E-state index < -0.39 is 0 Å². The van der Waals surface area contributed by atoms with Crippen LogP contribution in [0.1, 0.15) is 30.2 Å². The SMILES string of the molecule is CCCNCc1cccc(COc2ccc(C)nc2)c1. The Balaban J connectivity index is 1.89. The number of hydrogen-bond acceptors (Lipinski definition) is 3. The third kappa shape index (κ3) is 4.67. The lowest BCUT2D eigenvalue weighted by Crippen LogP contribution is -2.13. The van der Waals surface area contributed by atoms with Gasteiger partial charge in [0.2, 0.25) is 0 Å². The second-order valence-electron chi connectivity index (χ2n) is 4.92. The predicted molar refractivity (Wildman–Crippen MR) is 81.7 cm³/mol. The quantitative estimate of drug-likeness (QED) is 0.782. The zero-order valence-electron chi connectivity index (χ0n) is 12.2. The predicted octanol–water partition coefficient (Wildman–Crippen LogP) is 3.47. The van der Waals surface area contributed by atoms with Crippen LogP contribution in [0.2, 0.25) is 0 Å². The van der Waals surface area contributed by atoms with Gasteiger partial charge in [-0.05, 0) is 43.1 Å². The van der Waals surface area contributed by atoms with E-state index in [0.29, 0.717) is 6.61 Å². The van der Waals surface area contributed by atoms with Gasteiger partial charge >= 0.3 is 0 Å². The van der Waals surface area contributed by atoms with Gasteiger partial charge in [0.15, 0.2) is 0 Å². The Morgan fingerprint density at radius 1 is 1.15 bits per heavy atom. The van der Waals surface area contributed by atoms with Crippen molar-refractivity contribution in [2.45, 2.75) is 33.4 Å². The first kappa shape index (κ1) is 14.5. The molecule has 0 saturated carbocycles. The van der Waals surface area contributed by atoms with Gasteiger partial charge in [0, 0.05) is 12.2 Å².